The van der Waals surface area contributed by atoms with Crippen LogP contribution in [-0.4, -0.2) is 39.5 Å². The highest BCUT2D eigenvalue weighted by Gasteiger charge is 2.30. The Morgan fingerprint density at radius 2 is 2.05 bits per heavy atom. The molecule has 1 atom stereocenters. The van der Waals surface area contributed by atoms with Gasteiger partial charge in [-0.3, -0.25) is 9.59 Å². The number of hydrogen-bond donors (Lipinski definition) is 1. The molecule has 1 amide bonds. The maximum Gasteiger partial charge on any atom is 0.308 e. The molecule has 3 heterocycles. The lowest BCUT2D eigenvalue weighted by atomic mass is 9.98. The first kappa shape index (κ1) is 13.9. The second kappa shape index (κ2) is 5.73. The third-order valence-corrected chi connectivity index (χ3v) is 4.67. The number of nitrogens with zero attached hydrogens (tertiary/aromatic N) is 2. The van der Waals surface area contributed by atoms with Crippen LogP contribution in [0.2, 0.25) is 0 Å². The molecule has 0 aromatic carbocycles. The second-order valence-electron chi connectivity index (χ2n) is 5.15. The molecule has 0 radical (unpaired) electrons. The number of carbonyl (C=O) groups is 2. The SMILES string of the molecule is O=C(O)[C@@H]1CCCN(C(=O)c2sccc2-n2cccc2)C1. The van der Waals surface area contributed by atoms with Crippen molar-refractivity contribution in [1.29, 1.82) is 0 Å². The molecule has 1 fully saturated rings. The maximum atomic E-state index is 12.7. The van der Waals surface area contributed by atoms with Gasteiger partial charge in [-0.1, -0.05) is 0 Å². The molecule has 110 valence electrons. The van der Waals surface area contributed by atoms with Crippen molar-refractivity contribution in [3.05, 3.63) is 40.8 Å². The average molecular weight is 304 g/mol. The molecule has 0 bridgehead atoms. The number of aromatic nitrogens is 1. The Kier molecular flexibility index (Phi) is 3.79. The third-order valence-electron chi connectivity index (χ3n) is 3.78. The number of amides is 1. The number of hydrogen-bond acceptors (Lipinski definition) is 3. The molecule has 21 heavy (non-hydrogen) atoms. The minimum atomic E-state index is -0.815. The van der Waals surface area contributed by atoms with E-state index in [0.29, 0.717) is 24.4 Å². The highest BCUT2D eigenvalue weighted by molar-refractivity contribution is 7.12. The standard InChI is InChI=1S/C15H16N2O3S/c18-14(17-8-3-4-11(10-17)15(19)20)13-12(5-9-21-13)16-6-1-2-7-16/h1-2,5-7,9,11H,3-4,8,10H2,(H,19,20)/t11-/m1/s1. The van der Waals surface area contributed by atoms with Crippen LogP contribution in [0.4, 0.5) is 0 Å². The molecular formula is C15H16N2O3S. The van der Waals surface area contributed by atoms with Gasteiger partial charge in [0.2, 0.25) is 0 Å². The van der Waals surface area contributed by atoms with Crippen LogP contribution in [0.15, 0.2) is 36.0 Å². The van der Waals surface area contributed by atoms with E-state index < -0.39 is 11.9 Å². The van der Waals surface area contributed by atoms with Gasteiger partial charge < -0.3 is 14.6 Å². The molecule has 0 saturated carbocycles. The number of likely N-dealkylation sites (tertiary alicyclic amines) is 1. The van der Waals surface area contributed by atoms with E-state index in [-0.39, 0.29) is 5.91 Å². The number of piperidine rings is 1. The predicted octanol–water partition coefficient (Wildman–Crippen LogP) is 2.48. The summed E-state index contributed by atoms with van der Waals surface area (Å²) in [5, 5.41) is 11.0. The van der Waals surface area contributed by atoms with Gasteiger partial charge in [0.1, 0.15) is 4.88 Å². The molecule has 1 aliphatic rings. The molecule has 5 nitrogen and oxygen atoms in total. The number of carboxylic acids is 1. The van der Waals surface area contributed by atoms with Crippen molar-refractivity contribution in [2.75, 3.05) is 13.1 Å². The molecule has 3 rings (SSSR count). The van der Waals surface area contributed by atoms with Crippen molar-refractivity contribution in [3.63, 3.8) is 0 Å². The summed E-state index contributed by atoms with van der Waals surface area (Å²) < 4.78 is 1.91. The first-order valence-corrected chi connectivity index (χ1v) is 7.77. The van der Waals surface area contributed by atoms with Crippen LogP contribution in [0.3, 0.4) is 0 Å². The lowest BCUT2D eigenvalue weighted by molar-refractivity contribution is -0.143. The summed E-state index contributed by atoms with van der Waals surface area (Å²) in [4.78, 5) is 26.1. The van der Waals surface area contributed by atoms with E-state index in [4.69, 9.17) is 5.11 Å². The Balaban J connectivity index is 1.83. The van der Waals surface area contributed by atoms with Crippen molar-refractivity contribution >= 4 is 23.2 Å². The Bertz CT molecular complexity index is 648. The molecule has 1 N–H and O–H groups in total. The topological polar surface area (TPSA) is 62.5 Å². The van der Waals surface area contributed by atoms with E-state index in [1.807, 2.05) is 40.5 Å². The molecular weight excluding hydrogens is 288 g/mol. The zero-order valence-electron chi connectivity index (χ0n) is 11.4. The van der Waals surface area contributed by atoms with E-state index in [1.165, 1.54) is 11.3 Å². The number of aliphatic carboxylic acids is 1. The van der Waals surface area contributed by atoms with Gasteiger partial charge in [-0.05, 0) is 36.4 Å². The first-order valence-electron chi connectivity index (χ1n) is 6.89. The van der Waals surface area contributed by atoms with Gasteiger partial charge in [0.05, 0.1) is 11.6 Å². The number of carboxylic acid groups (broad SMARTS) is 1. The van der Waals surface area contributed by atoms with E-state index >= 15 is 0 Å². The van der Waals surface area contributed by atoms with Crippen molar-refractivity contribution in [3.8, 4) is 5.69 Å². The van der Waals surface area contributed by atoms with Crippen LogP contribution in [-0.2, 0) is 4.79 Å². The Hall–Kier alpha value is -2.08. The Morgan fingerprint density at radius 1 is 1.29 bits per heavy atom. The molecule has 0 spiro atoms. The number of rotatable bonds is 3. The van der Waals surface area contributed by atoms with Gasteiger partial charge in [0.25, 0.3) is 5.91 Å². The summed E-state index contributed by atoms with van der Waals surface area (Å²) >= 11 is 1.40. The molecule has 1 aliphatic heterocycles. The predicted molar refractivity (Wildman–Crippen MR) is 79.9 cm³/mol. The van der Waals surface area contributed by atoms with Crippen LogP contribution in [0.1, 0.15) is 22.5 Å². The maximum absolute atomic E-state index is 12.7. The average Bonchev–Trinajstić information content (AvgIpc) is 3.17. The zero-order chi connectivity index (χ0) is 14.8. The fraction of sp³-hybridized carbons (Fsp3) is 0.333. The highest BCUT2D eigenvalue weighted by Crippen LogP contribution is 2.26. The largest absolute Gasteiger partial charge is 0.481 e. The van der Waals surface area contributed by atoms with E-state index in [1.54, 1.807) is 4.90 Å². The fourth-order valence-corrected chi connectivity index (χ4v) is 3.52. The van der Waals surface area contributed by atoms with Crippen molar-refractivity contribution in [2.24, 2.45) is 5.92 Å². The molecule has 6 heteroatoms. The lowest BCUT2D eigenvalue weighted by Crippen LogP contribution is -2.42. The van der Waals surface area contributed by atoms with E-state index in [2.05, 4.69) is 0 Å². The third kappa shape index (κ3) is 2.71. The molecule has 0 unspecified atom stereocenters. The molecule has 0 aliphatic carbocycles. The Morgan fingerprint density at radius 3 is 2.76 bits per heavy atom. The summed E-state index contributed by atoms with van der Waals surface area (Å²) in [6, 6.07) is 5.73. The lowest BCUT2D eigenvalue weighted by Gasteiger charge is -2.30. The van der Waals surface area contributed by atoms with Gasteiger partial charge >= 0.3 is 5.97 Å². The van der Waals surface area contributed by atoms with Gasteiger partial charge in [0.15, 0.2) is 0 Å². The van der Waals surface area contributed by atoms with Crippen LogP contribution in [0.5, 0.6) is 0 Å². The molecule has 2 aromatic rings. The van der Waals surface area contributed by atoms with E-state index in [9.17, 15) is 9.59 Å². The fourth-order valence-electron chi connectivity index (χ4n) is 2.67. The number of thiophene rings is 1. The van der Waals surface area contributed by atoms with Crippen LogP contribution in [0, 0.1) is 5.92 Å². The highest BCUT2D eigenvalue weighted by atomic mass is 32.1. The zero-order valence-corrected chi connectivity index (χ0v) is 12.3. The smallest absolute Gasteiger partial charge is 0.308 e. The van der Waals surface area contributed by atoms with Gasteiger partial charge in [0, 0.05) is 25.5 Å². The molecule has 2 aromatic heterocycles. The van der Waals surface area contributed by atoms with Gasteiger partial charge in [-0.25, -0.2) is 0 Å². The first-order chi connectivity index (χ1) is 10.2. The van der Waals surface area contributed by atoms with Crippen molar-refractivity contribution < 1.29 is 14.7 Å². The van der Waals surface area contributed by atoms with Gasteiger partial charge in [-0.2, -0.15) is 0 Å². The van der Waals surface area contributed by atoms with Crippen LogP contribution in [0.25, 0.3) is 5.69 Å². The number of carbonyl (C=O) groups excluding carboxylic acids is 1. The summed E-state index contributed by atoms with van der Waals surface area (Å²) in [6.45, 7) is 0.933. The second-order valence-corrected chi connectivity index (χ2v) is 6.07. The summed E-state index contributed by atoms with van der Waals surface area (Å²) in [6.07, 6.45) is 5.19. The minimum absolute atomic E-state index is 0.0698. The van der Waals surface area contributed by atoms with E-state index in [0.717, 1.165) is 12.1 Å². The summed E-state index contributed by atoms with van der Waals surface area (Å²) in [5.41, 5.74) is 0.854. The van der Waals surface area contributed by atoms with Crippen molar-refractivity contribution in [1.82, 2.24) is 9.47 Å². The van der Waals surface area contributed by atoms with Gasteiger partial charge in [-0.15, -0.1) is 11.3 Å². The minimum Gasteiger partial charge on any atom is -0.481 e. The summed E-state index contributed by atoms with van der Waals surface area (Å²) in [7, 11) is 0. The van der Waals surface area contributed by atoms with Crippen LogP contribution >= 0.6 is 11.3 Å². The quantitative estimate of drug-likeness (QED) is 0.947. The molecule has 1 saturated heterocycles. The van der Waals surface area contributed by atoms with Crippen LogP contribution < -0.4 is 0 Å². The Labute approximate surface area is 126 Å². The normalized spacial score (nSPS) is 18.7. The summed E-state index contributed by atoms with van der Waals surface area (Å²) in [5.74, 6) is -1.33. The monoisotopic (exact) mass is 304 g/mol. The van der Waals surface area contributed by atoms with Crippen molar-refractivity contribution in [2.45, 2.75) is 12.8 Å².